The predicted molar refractivity (Wildman–Crippen MR) is 124 cm³/mol. The molecule has 3 saturated carbocycles. The van der Waals surface area contributed by atoms with E-state index in [1.165, 1.54) is 17.1 Å². The summed E-state index contributed by atoms with van der Waals surface area (Å²) < 4.78 is 32.8. The van der Waals surface area contributed by atoms with Gasteiger partial charge in [-0.05, 0) is 44.4 Å². The number of alkyl halides is 2. The number of aromatic nitrogens is 5. The Morgan fingerprint density at radius 1 is 1.19 bits per heavy atom. The summed E-state index contributed by atoms with van der Waals surface area (Å²) in [6.07, 6.45) is 0.00489. The Bertz CT molecular complexity index is 1310. The van der Waals surface area contributed by atoms with Crippen molar-refractivity contribution in [2.45, 2.75) is 44.3 Å². The molecule has 3 aliphatic carbocycles. The summed E-state index contributed by atoms with van der Waals surface area (Å²) in [7, 11) is 1.59. The topological polar surface area (TPSA) is 124 Å². The lowest BCUT2D eigenvalue weighted by Crippen LogP contribution is -2.76. The molecule has 0 radical (unpaired) electrons. The van der Waals surface area contributed by atoms with Crippen molar-refractivity contribution >= 4 is 29.4 Å². The summed E-state index contributed by atoms with van der Waals surface area (Å²) in [6, 6.07) is 6.51. The van der Waals surface area contributed by atoms with E-state index in [0.717, 1.165) is 0 Å². The summed E-state index contributed by atoms with van der Waals surface area (Å²) in [4.78, 5) is 33.4. The molecular formula is C23H22ClF2N7O3. The molecule has 36 heavy (non-hydrogen) atoms. The van der Waals surface area contributed by atoms with Crippen molar-refractivity contribution in [2.24, 2.45) is 12.5 Å². The maximum absolute atomic E-state index is 13.0. The van der Waals surface area contributed by atoms with E-state index < -0.39 is 29.6 Å². The third-order valence-electron chi connectivity index (χ3n) is 6.74. The lowest BCUT2D eigenvalue weighted by atomic mass is 9.39. The fraction of sp³-hybridized carbons (Fsp3) is 0.391. The Morgan fingerprint density at radius 2 is 1.94 bits per heavy atom. The van der Waals surface area contributed by atoms with Gasteiger partial charge in [-0.3, -0.25) is 15.1 Å². The highest BCUT2D eigenvalue weighted by Gasteiger charge is 2.72. The van der Waals surface area contributed by atoms with Gasteiger partial charge in [0.15, 0.2) is 11.5 Å². The molecule has 3 fully saturated rings. The van der Waals surface area contributed by atoms with Crippen LogP contribution in [0.25, 0.3) is 11.4 Å². The fourth-order valence-electron chi connectivity index (χ4n) is 4.93. The maximum Gasteiger partial charge on any atom is 0.413 e. The van der Waals surface area contributed by atoms with Crippen LogP contribution in [0.15, 0.2) is 36.7 Å². The number of halogens is 3. The zero-order valence-corrected chi connectivity index (χ0v) is 20.1. The monoisotopic (exact) mass is 517 g/mol. The van der Waals surface area contributed by atoms with Crippen molar-refractivity contribution < 1.29 is 23.1 Å². The number of ether oxygens (including phenoxy) is 1. The Balaban J connectivity index is 1.24. The first kappa shape index (κ1) is 24.0. The van der Waals surface area contributed by atoms with Crippen molar-refractivity contribution in [1.82, 2.24) is 30.3 Å². The first-order valence-electron chi connectivity index (χ1n) is 11.2. The van der Waals surface area contributed by atoms with E-state index in [0.29, 0.717) is 30.5 Å². The summed E-state index contributed by atoms with van der Waals surface area (Å²) in [6.45, 7) is 1.66. The van der Waals surface area contributed by atoms with Crippen molar-refractivity contribution in [1.29, 1.82) is 0 Å². The van der Waals surface area contributed by atoms with Gasteiger partial charge in [-0.15, -0.1) is 5.10 Å². The number of pyridine rings is 2. The molecule has 2 amide bonds. The zero-order valence-electron chi connectivity index (χ0n) is 19.3. The molecule has 3 aromatic heterocycles. The Hall–Kier alpha value is -3.67. The second kappa shape index (κ2) is 8.77. The number of nitrogens with one attached hydrogen (secondary N) is 2. The Labute approximate surface area is 209 Å². The second-order valence-electron chi connectivity index (χ2n) is 9.33. The van der Waals surface area contributed by atoms with Crippen LogP contribution in [0.2, 0.25) is 5.15 Å². The first-order chi connectivity index (χ1) is 17.1. The summed E-state index contributed by atoms with van der Waals surface area (Å²) in [5, 5.41) is 13.7. The van der Waals surface area contributed by atoms with Crippen LogP contribution in [0.3, 0.4) is 0 Å². The average Bonchev–Trinajstić information content (AvgIpc) is 3.15. The quantitative estimate of drug-likeness (QED) is 0.451. The number of aryl methyl sites for hydroxylation is 1. The average molecular weight is 518 g/mol. The van der Waals surface area contributed by atoms with Gasteiger partial charge >= 0.3 is 6.09 Å². The molecule has 10 nitrogen and oxygen atoms in total. The molecule has 3 aromatic rings. The minimum atomic E-state index is -2.36. The standard InChI is InChI=1S/C23H22ClF2N7O3/c1-12(14-4-3-7-27-17(14)24)36-21(35)29-18-16(31-32-33(18)2)15-6-5-13(8-28-15)19(34)30-23-9-22(10-23,11-23)20(25)26/h3-8,12,20H,9-11H2,1-2H3,(H,29,35)(H,30,34)/t12-,22?,23?/m1/s1. The minimum Gasteiger partial charge on any atom is -0.441 e. The Kier molecular flexibility index (Phi) is 5.86. The molecule has 0 aliphatic heterocycles. The summed E-state index contributed by atoms with van der Waals surface area (Å²) in [5.41, 5.74) is 0.0119. The van der Waals surface area contributed by atoms with Crippen LogP contribution in [0, 0.1) is 5.41 Å². The third-order valence-corrected chi connectivity index (χ3v) is 7.05. The molecule has 0 saturated heterocycles. The van der Waals surface area contributed by atoms with Gasteiger partial charge in [-0.2, -0.15) is 0 Å². The van der Waals surface area contributed by atoms with Gasteiger partial charge < -0.3 is 10.1 Å². The van der Waals surface area contributed by atoms with Gasteiger partial charge in [0.05, 0.1) is 11.3 Å². The van der Waals surface area contributed by atoms with Gasteiger partial charge in [-0.25, -0.2) is 23.2 Å². The van der Waals surface area contributed by atoms with E-state index in [-0.39, 0.29) is 28.1 Å². The van der Waals surface area contributed by atoms with Crippen LogP contribution >= 0.6 is 11.6 Å². The number of amides is 2. The molecular weight excluding hydrogens is 496 g/mol. The van der Waals surface area contributed by atoms with Gasteiger partial charge in [0.2, 0.25) is 6.43 Å². The smallest absolute Gasteiger partial charge is 0.413 e. The highest BCUT2D eigenvalue weighted by atomic mass is 35.5. The van der Waals surface area contributed by atoms with Gasteiger partial charge in [0, 0.05) is 36.0 Å². The number of hydrogen-bond donors (Lipinski definition) is 2. The SMILES string of the molecule is C[C@@H](OC(=O)Nc1c(-c2ccc(C(=O)NC34CC(C(F)F)(C3)C4)cn2)nnn1C)c1cccnc1Cl. The number of carbonyl (C=O) groups is 2. The molecule has 6 rings (SSSR count). The van der Waals surface area contributed by atoms with Crippen LogP contribution in [0.4, 0.5) is 19.4 Å². The minimum absolute atomic E-state index is 0.233. The van der Waals surface area contributed by atoms with Crippen molar-refractivity contribution in [3.8, 4) is 11.4 Å². The van der Waals surface area contributed by atoms with E-state index in [9.17, 15) is 18.4 Å². The molecule has 0 spiro atoms. The molecule has 2 bridgehead atoms. The van der Waals surface area contributed by atoms with Gasteiger partial charge in [0.1, 0.15) is 11.3 Å². The first-order valence-corrected chi connectivity index (χ1v) is 11.5. The molecule has 13 heteroatoms. The van der Waals surface area contributed by atoms with Crippen LogP contribution in [0.1, 0.15) is 48.2 Å². The van der Waals surface area contributed by atoms with Crippen molar-refractivity contribution in [3.05, 3.63) is 52.9 Å². The van der Waals surface area contributed by atoms with E-state index in [1.54, 1.807) is 38.2 Å². The second-order valence-corrected chi connectivity index (χ2v) is 9.68. The van der Waals surface area contributed by atoms with Crippen molar-refractivity contribution in [2.75, 3.05) is 5.32 Å². The molecule has 0 aromatic carbocycles. The van der Waals surface area contributed by atoms with Crippen LogP contribution in [-0.2, 0) is 11.8 Å². The molecule has 3 heterocycles. The molecule has 3 aliphatic rings. The van der Waals surface area contributed by atoms with Gasteiger partial charge in [0.25, 0.3) is 5.91 Å². The summed E-state index contributed by atoms with van der Waals surface area (Å²) >= 11 is 6.06. The largest absolute Gasteiger partial charge is 0.441 e. The van der Waals surface area contributed by atoms with E-state index in [1.807, 2.05) is 0 Å². The highest BCUT2D eigenvalue weighted by molar-refractivity contribution is 6.30. The third kappa shape index (κ3) is 4.15. The van der Waals surface area contributed by atoms with Crippen LogP contribution in [0.5, 0.6) is 0 Å². The number of hydrogen-bond acceptors (Lipinski definition) is 7. The van der Waals surface area contributed by atoms with E-state index >= 15 is 0 Å². The van der Waals surface area contributed by atoms with E-state index in [2.05, 4.69) is 30.9 Å². The zero-order chi connectivity index (χ0) is 25.7. The van der Waals surface area contributed by atoms with E-state index in [4.69, 9.17) is 16.3 Å². The van der Waals surface area contributed by atoms with Crippen LogP contribution in [-0.4, -0.2) is 48.9 Å². The number of nitrogens with zero attached hydrogens (tertiary/aromatic N) is 5. The number of anilines is 1. The number of rotatable bonds is 7. The summed E-state index contributed by atoms with van der Waals surface area (Å²) in [5.74, 6) is -0.138. The number of carbonyl (C=O) groups excluding carboxylic acids is 2. The molecule has 188 valence electrons. The molecule has 2 N–H and O–H groups in total. The van der Waals surface area contributed by atoms with Crippen molar-refractivity contribution in [3.63, 3.8) is 0 Å². The lowest BCUT2D eigenvalue weighted by Gasteiger charge is -2.69. The fourth-order valence-corrected chi connectivity index (χ4v) is 5.21. The van der Waals surface area contributed by atoms with Crippen LogP contribution < -0.4 is 10.6 Å². The normalized spacial score (nSPS) is 22.8. The Morgan fingerprint density at radius 3 is 2.58 bits per heavy atom. The molecule has 0 unspecified atom stereocenters. The molecule has 1 atom stereocenters. The van der Waals surface area contributed by atoms with Gasteiger partial charge in [-0.1, -0.05) is 22.9 Å². The highest BCUT2D eigenvalue weighted by Crippen LogP contribution is 2.69. The predicted octanol–water partition coefficient (Wildman–Crippen LogP) is 4.15. The lowest BCUT2D eigenvalue weighted by molar-refractivity contribution is -0.223. The maximum atomic E-state index is 13.0.